The van der Waals surface area contributed by atoms with Gasteiger partial charge in [0.05, 0.1) is 5.69 Å². The first-order chi connectivity index (χ1) is 14.5. The summed E-state index contributed by atoms with van der Waals surface area (Å²) in [6.07, 6.45) is 7.19. The van der Waals surface area contributed by atoms with Crippen molar-refractivity contribution in [3.63, 3.8) is 0 Å². The highest BCUT2D eigenvalue weighted by atomic mass is 16.2. The number of H-pyrrole nitrogens is 1. The van der Waals surface area contributed by atoms with Crippen molar-refractivity contribution in [2.75, 3.05) is 19.6 Å². The SMILES string of the molecule is CCNC(=O)N1CCC2(CCCn3nc(-c4cnc5[nH]cc(C(C)C)c5c4)cc32)C1. The summed E-state index contributed by atoms with van der Waals surface area (Å²) in [6.45, 7) is 9.56. The van der Waals surface area contributed by atoms with Crippen LogP contribution in [0, 0.1) is 0 Å². The van der Waals surface area contributed by atoms with Gasteiger partial charge in [-0.05, 0) is 49.8 Å². The molecule has 1 atom stereocenters. The standard InChI is InChI=1S/C23H30N6O/c1-4-24-22(30)28-9-7-23(14-28)6-5-8-29-20(23)11-19(27-29)16-10-17-18(15(2)3)13-26-21(17)25-12-16/h10-13,15H,4-9,14H2,1-3H3,(H,24,30)(H,25,26). The van der Waals surface area contributed by atoms with Crippen molar-refractivity contribution in [1.29, 1.82) is 0 Å². The summed E-state index contributed by atoms with van der Waals surface area (Å²) in [5, 5.41) is 9.08. The monoisotopic (exact) mass is 406 g/mol. The second-order valence-corrected chi connectivity index (χ2v) is 9.05. The number of likely N-dealkylation sites (tertiary alicyclic amines) is 1. The van der Waals surface area contributed by atoms with Crippen molar-refractivity contribution in [1.82, 2.24) is 30.0 Å². The first-order valence-electron chi connectivity index (χ1n) is 11.1. The van der Waals surface area contributed by atoms with E-state index in [9.17, 15) is 4.79 Å². The number of aryl methyl sites for hydroxylation is 1. The Balaban J connectivity index is 1.50. The lowest BCUT2D eigenvalue weighted by atomic mass is 9.77. The third-order valence-corrected chi connectivity index (χ3v) is 6.80. The summed E-state index contributed by atoms with van der Waals surface area (Å²) in [4.78, 5) is 22.3. The first kappa shape index (κ1) is 19.2. The Kier molecular flexibility index (Phi) is 4.56. The number of amides is 2. The van der Waals surface area contributed by atoms with Gasteiger partial charge in [0, 0.05) is 60.6 Å². The summed E-state index contributed by atoms with van der Waals surface area (Å²) in [7, 11) is 0. The van der Waals surface area contributed by atoms with E-state index < -0.39 is 0 Å². The molecule has 0 aromatic carbocycles. The number of aromatic nitrogens is 4. The van der Waals surface area contributed by atoms with Gasteiger partial charge in [-0.15, -0.1) is 0 Å². The van der Waals surface area contributed by atoms with Crippen molar-refractivity contribution in [2.24, 2.45) is 0 Å². The molecule has 5 rings (SSSR count). The summed E-state index contributed by atoms with van der Waals surface area (Å²) in [5.74, 6) is 0.438. The van der Waals surface area contributed by atoms with E-state index in [2.05, 4.69) is 52.1 Å². The van der Waals surface area contributed by atoms with E-state index >= 15 is 0 Å². The molecule has 3 aromatic heterocycles. The lowest BCUT2D eigenvalue weighted by Crippen LogP contribution is -2.42. The van der Waals surface area contributed by atoms with Crippen LogP contribution in [0.1, 0.15) is 57.2 Å². The number of hydrogen-bond donors (Lipinski definition) is 2. The number of pyridine rings is 1. The number of carbonyl (C=O) groups excluding carboxylic acids is 1. The Morgan fingerprint density at radius 2 is 2.17 bits per heavy atom. The maximum Gasteiger partial charge on any atom is 0.317 e. The third-order valence-electron chi connectivity index (χ3n) is 6.80. The molecule has 0 radical (unpaired) electrons. The molecule has 1 fully saturated rings. The molecule has 0 saturated carbocycles. The molecule has 158 valence electrons. The van der Waals surface area contributed by atoms with Crippen molar-refractivity contribution in [2.45, 2.75) is 57.9 Å². The molecule has 2 aliphatic heterocycles. The van der Waals surface area contributed by atoms with Gasteiger partial charge in [-0.3, -0.25) is 4.68 Å². The van der Waals surface area contributed by atoms with E-state index in [1.165, 1.54) is 16.6 Å². The normalized spacial score (nSPS) is 21.0. The zero-order valence-corrected chi connectivity index (χ0v) is 18.0. The largest absolute Gasteiger partial charge is 0.346 e. The minimum absolute atomic E-state index is 0.0172. The van der Waals surface area contributed by atoms with Crippen LogP contribution in [0.25, 0.3) is 22.3 Å². The van der Waals surface area contributed by atoms with Gasteiger partial charge in [-0.2, -0.15) is 5.10 Å². The van der Waals surface area contributed by atoms with E-state index in [0.717, 1.165) is 55.8 Å². The zero-order valence-electron chi connectivity index (χ0n) is 18.0. The molecular formula is C23H30N6O. The molecular weight excluding hydrogens is 376 g/mol. The summed E-state index contributed by atoms with van der Waals surface area (Å²) in [6, 6.07) is 4.50. The summed E-state index contributed by atoms with van der Waals surface area (Å²) in [5.41, 5.74) is 5.54. The molecule has 30 heavy (non-hydrogen) atoms. The molecule has 3 aromatic rings. The molecule has 0 bridgehead atoms. The number of carbonyl (C=O) groups is 1. The Morgan fingerprint density at radius 1 is 1.30 bits per heavy atom. The smallest absolute Gasteiger partial charge is 0.317 e. The van der Waals surface area contributed by atoms with Crippen molar-refractivity contribution in [3.05, 3.63) is 35.8 Å². The van der Waals surface area contributed by atoms with Gasteiger partial charge in [0.1, 0.15) is 5.65 Å². The Hall–Kier alpha value is -2.83. The molecule has 1 spiro atoms. The van der Waals surface area contributed by atoms with E-state index in [-0.39, 0.29) is 11.4 Å². The average Bonchev–Trinajstić information content (AvgIpc) is 3.45. The maximum absolute atomic E-state index is 12.4. The fourth-order valence-electron chi connectivity index (χ4n) is 5.21. The molecule has 2 aliphatic rings. The number of urea groups is 1. The summed E-state index contributed by atoms with van der Waals surface area (Å²) < 4.78 is 2.17. The van der Waals surface area contributed by atoms with E-state index in [0.29, 0.717) is 12.5 Å². The molecule has 1 unspecified atom stereocenters. The Morgan fingerprint density at radius 3 is 2.97 bits per heavy atom. The number of rotatable bonds is 3. The van der Waals surface area contributed by atoms with Gasteiger partial charge in [0.25, 0.3) is 0 Å². The van der Waals surface area contributed by atoms with Crippen LogP contribution < -0.4 is 5.32 Å². The second kappa shape index (κ2) is 7.15. The van der Waals surface area contributed by atoms with Gasteiger partial charge in [0.15, 0.2) is 0 Å². The number of fused-ring (bicyclic) bond motifs is 3. The highest BCUT2D eigenvalue weighted by Gasteiger charge is 2.45. The van der Waals surface area contributed by atoms with Crippen molar-refractivity contribution >= 4 is 17.1 Å². The quantitative estimate of drug-likeness (QED) is 0.690. The van der Waals surface area contributed by atoms with E-state index in [1.54, 1.807) is 0 Å². The van der Waals surface area contributed by atoms with Crippen molar-refractivity contribution < 1.29 is 4.79 Å². The second-order valence-electron chi connectivity index (χ2n) is 9.05. The fraction of sp³-hybridized carbons (Fsp3) is 0.522. The average molecular weight is 407 g/mol. The fourth-order valence-corrected chi connectivity index (χ4v) is 5.21. The topological polar surface area (TPSA) is 78.8 Å². The number of nitrogens with zero attached hydrogens (tertiary/aromatic N) is 4. The van der Waals surface area contributed by atoms with E-state index in [4.69, 9.17) is 5.10 Å². The third kappa shape index (κ3) is 2.99. The van der Waals surface area contributed by atoms with Crippen LogP contribution in [0.15, 0.2) is 24.5 Å². The van der Waals surface area contributed by atoms with Crippen LogP contribution in [-0.2, 0) is 12.0 Å². The number of hydrogen-bond acceptors (Lipinski definition) is 3. The van der Waals surface area contributed by atoms with Crippen LogP contribution in [0.5, 0.6) is 0 Å². The predicted molar refractivity (Wildman–Crippen MR) is 118 cm³/mol. The van der Waals surface area contributed by atoms with Crippen molar-refractivity contribution in [3.8, 4) is 11.3 Å². The van der Waals surface area contributed by atoms with Crippen LogP contribution in [0.4, 0.5) is 4.79 Å². The Bertz CT molecular complexity index is 1100. The minimum Gasteiger partial charge on any atom is -0.346 e. The van der Waals surface area contributed by atoms with Crippen LogP contribution >= 0.6 is 0 Å². The lowest BCUT2D eigenvalue weighted by Gasteiger charge is -2.34. The molecule has 7 nitrogen and oxygen atoms in total. The molecule has 1 saturated heterocycles. The van der Waals surface area contributed by atoms with E-state index in [1.807, 2.05) is 18.0 Å². The maximum atomic E-state index is 12.4. The molecule has 5 heterocycles. The van der Waals surface area contributed by atoms with Crippen LogP contribution in [-0.4, -0.2) is 50.3 Å². The molecule has 0 aliphatic carbocycles. The lowest BCUT2D eigenvalue weighted by molar-refractivity contribution is 0.203. The van der Waals surface area contributed by atoms with Crippen LogP contribution in [0.3, 0.4) is 0 Å². The zero-order chi connectivity index (χ0) is 20.9. The minimum atomic E-state index is 0.0172. The van der Waals surface area contributed by atoms with Crippen LogP contribution in [0.2, 0.25) is 0 Å². The van der Waals surface area contributed by atoms with Gasteiger partial charge in [-0.25, -0.2) is 9.78 Å². The summed E-state index contributed by atoms with van der Waals surface area (Å²) >= 11 is 0. The first-order valence-corrected chi connectivity index (χ1v) is 11.1. The number of nitrogens with one attached hydrogen (secondary N) is 2. The van der Waals surface area contributed by atoms with Gasteiger partial charge >= 0.3 is 6.03 Å². The highest BCUT2D eigenvalue weighted by molar-refractivity contribution is 5.84. The molecule has 2 amide bonds. The van der Waals surface area contributed by atoms with Gasteiger partial charge in [0.2, 0.25) is 0 Å². The molecule has 7 heteroatoms. The number of aromatic amines is 1. The molecule has 2 N–H and O–H groups in total. The van der Waals surface area contributed by atoms with Gasteiger partial charge < -0.3 is 15.2 Å². The highest BCUT2D eigenvalue weighted by Crippen LogP contribution is 2.43. The predicted octanol–water partition coefficient (Wildman–Crippen LogP) is 4.02. The van der Waals surface area contributed by atoms with Gasteiger partial charge in [-0.1, -0.05) is 13.8 Å². The Labute approximate surface area is 176 Å².